The van der Waals surface area contributed by atoms with E-state index in [-0.39, 0.29) is 0 Å². The fourth-order valence-electron chi connectivity index (χ4n) is 5.07. The van der Waals surface area contributed by atoms with Gasteiger partial charge < -0.3 is 0 Å². The van der Waals surface area contributed by atoms with Crippen molar-refractivity contribution < 1.29 is 1.37 Å². The van der Waals surface area contributed by atoms with Gasteiger partial charge in [-0.2, -0.15) is 0 Å². The molecule has 154 valence electrons. The summed E-state index contributed by atoms with van der Waals surface area (Å²) in [6.07, 6.45) is 10.8. The van der Waals surface area contributed by atoms with Crippen molar-refractivity contribution in [2.24, 2.45) is 0 Å². The molecule has 1 unspecified atom stereocenters. The quantitative estimate of drug-likeness (QED) is 0.268. The molecule has 33 heavy (non-hydrogen) atoms. The lowest BCUT2D eigenvalue weighted by Gasteiger charge is -2.23. The van der Waals surface area contributed by atoms with Crippen LogP contribution in [0.1, 0.15) is 51.8 Å². The van der Waals surface area contributed by atoms with E-state index in [9.17, 15) is 1.37 Å². The third-order valence-corrected chi connectivity index (χ3v) is 6.86. The van der Waals surface area contributed by atoms with Crippen LogP contribution in [0.15, 0.2) is 103 Å². The van der Waals surface area contributed by atoms with Gasteiger partial charge in [-0.3, -0.25) is 0 Å². The van der Waals surface area contributed by atoms with Gasteiger partial charge in [-0.05, 0) is 67.3 Å². The van der Waals surface area contributed by atoms with Crippen LogP contribution in [0.5, 0.6) is 0 Å². The van der Waals surface area contributed by atoms with Crippen LogP contribution in [0, 0.1) is 0 Å². The predicted octanol–water partition coefficient (Wildman–Crippen LogP) is 8.45. The molecule has 0 fully saturated rings. The molecule has 0 aliphatic heterocycles. The molecule has 4 aromatic carbocycles. The molecule has 0 spiro atoms. The van der Waals surface area contributed by atoms with Crippen molar-refractivity contribution in [3.8, 4) is 0 Å². The van der Waals surface area contributed by atoms with Crippen molar-refractivity contribution >= 4 is 41.0 Å². The van der Waals surface area contributed by atoms with E-state index in [1.54, 1.807) is 0 Å². The highest BCUT2D eigenvalue weighted by atomic mass is 14.3. The van der Waals surface area contributed by atoms with Crippen molar-refractivity contribution in [1.82, 2.24) is 0 Å². The van der Waals surface area contributed by atoms with E-state index in [4.69, 9.17) is 0 Å². The maximum atomic E-state index is 10.2. The summed E-state index contributed by atoms with van der Waals surface area (Å²) in [6, 6.07) is 34.5. The van der Waals surface area contributed by atoms with Crippen LogP contribution in [-0.4, -0.2) is 0 Å². The van der Waals surface area contributed by atoms with Crippen LogP contribution >= 0.6 is 0 Å². The number of allylic oxidation sites excluding steroid dienone is 4. The zero-order chi connectivity index (χ0) is 22.7. The second-order valence-corrected chi connectivity index (χ2v) is 8.88. The third kappa shape index (κ3) is 3.07. The van der Waals surface area contributed by atoms with E-state index >= 15 is 0 Å². The van der Waals surface area contributed by atoms with E-state index < -0.39 is 5.89 Å². The molecule has 0 nitrogen and oxygen atoms in total. The summed E-state index contributed by atoms with van der Waals surface area (Å²) in [5, 5.41) is 0. The normalized spacial score (nSPS) is 20.8. The summed E-state index contributed by atoms with van der Waals surface area (Å²) in [6.45, 7) is 0. The maximum Gasteiger partial charge on any atom is 0.0453 e. The molecule has 0 saturated heterocycles. The van der Waals surface area contributed by atoms with Gasteiger partial charge in [-0.25, -0.2) is 0 Å². The Kier molecular flexibility index (Phi) is 3.79. The summed E-state index contributed by atoms with van der Waals surface area (Å²) in [4.78, 5) is 0. The Hall–Kier alpha value is -4.16. The second kappa shape index (κ2) is 7.18. The lowest BCUT2D eigenvalue weighted by molar-refractivity contribution is 1.14. The first-order chi connectivity index (χ1) is 16.7. The van der Waals surface area contributed by atoms with Crippen LogP contribution < -0.4 is 0 Å². The van der Waals surface area contributed by atoms with Crippen LogP contribution in [0.4, 0.5) is 0 Å². The van der Waals surface area contributed by atoms with Gasteiger partial charge in [-0.15, -0.1) is 0 Å². The summed E-state index contributed by atoms with van der Waals surface area (Å²) in [5.41, 5.74) is 12.1. The topological polar surface area (TPSA) is 0 Å². The molecule has 0 heteroatoms. The minimum Gasteiger partial charge on any atom is -0.0575 e. The molecule has 0 heterocycles. The van der Waals surface area contributed by atoms with Crippen molar-refractivity contribution in [3.05, 3.63) is 148 Å². The van der Waals surface area contributed by atoms with Gasteiger partial charge in [0.25, 0.3) is 0 Å². The van der Waals surface area contributed by atoms with Gasteiger partial charge in [0.1, 0.15) is 0 Å². The molecule has 0 amide bonds. The monoisotopic (exact) mass is 419 g/mol. The molecule has 8 bridgehead atoms. The third-order valence-electron chi connectivity index (χ3n) is 6.86. The second-order valence-electron chi connectivity index (χ2n) is 8.88. The van der Waals surface area contributed by atoms with Crippen LogP contribution in [-0.2, 0) is 0 Å². The lowest BCUT2D eigenvalue weighted by atomic mass is 9.80. The Balaban J connectivity index is 1.59. The Morgan fingerprint density at radius 1 is 0.455 bits per heavy atom. The first-order valence-corrected chi connectivity index (χ1v) is 11.4. The summed E-state index contributed by atoms with van der Waals surface area (Å²) in [5.74, 6) is -1.03. The first-order valence-electron chi connectivity index (χ1n) is 11.9. The summed E-state index contributed by atoms with van der Waals surface area (Å²) in [7, 11) is 0. The number of benzene rings is 4. The SMILES string of the molecule is [2H]C12C(=CC3=C1c1ccc(cc1)/C=C/c1ccc3cc1)c1ccc(cc1)C=Cc1ccc2cc1. The molecular weight excluding hydrogens is 396 g/mol. The maximum absolute atomic E-state index is 10.2. The Morgan fingerprint density at radius 3 is 1.39 bits per heavy atom. The molecule has 9 aliphatic carbocycles. The van der Waals surface area contributed by atoms with Crippen molar-refractivity contribution in [1.29, 1.82) is 0 Å². The molecule has 13 rings (SSSR count). The smallest absolute Gasteiger partial charge is 0.0453 e. The van der Waals surface area contributed by atoms with Crippen LogP contribution in [0.3, 0.4) is 0 Å². The summed E-state index contributed by atoms with van der Waals surface area (Å²) < 4.78 is 10.2. The Bertz CT molecular complexity index is 1540. The van der Waals surface area contributed by atoms with Gasteiger partial charge in [0.15, 0.2) is 0 Å². The number of hydrogen-bond acceptors (Lipinski definition) is 0. The van der Waals surface area contributed by atoms with Crippen molar-refractivity contribution in [2.75, 3.05) is 0 Å². The van der Waals surface area contributed by atoms with E-state index in [1.807, 2.05) is 0 Å². The average molecular weight is 420 g/mol. The highest BCUT2D eigenvalue weighted by molar-refractivity contribution is 6.11. The number of hydrogen-bond donors (Lipinski definition) is 0. The van der Waals surface area contributed by atoms with E-state index in [0.717, 1.165) is 55.7 Å². The van der Waals surface area contributed by atoms with Gasteiger partial charge in [-0.1, -0.05) is 121 Å². The zero-order valence-corrected chi connectivity index (χ0v) is 18.1. The van der Waals surface area contributed by atoms with Gasteiger partial charge in [0, 0.05) is 7.26 Å². The fraction of sp³-hybridized carbons (Fsp3) is 0.0303. The molecule has 0 N–H and O–H groups in total. The van der Waals surface area contributed by atoms with Gasteiger partial charge in [0.05, 0.1) is 0 Å². The fourth-order valence-corrected chi connectivity index (χ4v) is 5.07. The standard InChI is InChI=1S/C33H22/c1-3-24-9-17-28(18-10-24)32-30(26-13-5-22(1)6-14-26)21-31-27-15-7-23(8-16-27)2-4-25-11-19-29(20-12-25)33(31)32/h1-21,32H/b3-1?,4-2+,23-2?,25-4?,31-27?,33-29?/i32D. The van der Waals surface area contributed by atoms with Gasteiger partial charge >= 0.3 is 0 Å². The molecular formula is C33H22. The average Bonchev–Trinajstić information content (AvgIpc) is 3.19. The largest absolute Gasteiger partial charge is 0.0575 e. The highest BCUT2D eigenvalue weighted by Crippen LogP contribution is 2.52. The van der Waals surface area contributed by atoms with E-state index in [2.05, 4.69) is 127 Å². The summed E-state index contributed by atoms with van der Waals surface area (Å²) >= 11 is 0. The predicted molar refractivity (Wildman–Crippen MR) is 141 cm³/mol. The van der Waals surface area contributed by atoms with Crippen LogP contribution in [0.25, 0.3) is 41.0 Å². The highest BCUT2D eigenvalue weighted by Gasteiger charge is 2.32. The number of rotatable bonds is 0. The molecule has 1 atom stereocenters. The van der Waals surface area contributed by atoms with Crippen LogP contribution in [0.2, 0.25) is 0 Å². The van der Waals surface area contributed by atoms with Crippen molar-refractivity contribution in [3.63, 3.8) is 0 Å². The van der Waals surface area contributed by atoms with E-state index in [0.29, 0.717) is 0 Å². The Labute approximate surface area is 196 Å². The molecule has 0 saturated carbocycles. The molecule has 9 aliphatic rings. The lowest BCUT2D eigenvalue weighted by Crippen LogP contribution is -2.03. The zero-order valence-electron chi connectivity index (χ0n) is 19.1. The minimum absolute atomic E-state index is 0.984. The van der Waals surface area contributed by atoms with E-state index in [1.165, 1.54) is 5.56 Å². The molecule has 4 aromatic rings. The van der Waals surface area contributed by atoms with Gasteiger partial charge in [0.2, 0.25) is 0 Å². The molecule has 0 radical (unpaired) electrons. The van der Waals surface area contributed by atoms with Crippen molar-refractivity contribution in [2.45, 2.75) is 5.89 Å². The molecule has 0 aromatic heterocycles. The minimum atomic E-state index is -1.03. The first kappa shape index (κ1) is 17.4. The Morgan fingerprint density at radius 2 is 0.879 bits per heavy atom.